The lowest BCUT2D eigenvalue weighted by Crippen LogP contribution is -2.26. The molecule has 0 radical (unpaired) electrons. The third-order valence-corrected chi connectivity index (χ3v) is 1.86. The summed E-state index contributed by atoms with van der Waals surface area (Å²) in [4.78, 5) is 23.2. The molecular weight excluding hydrogens is 208 g/mol. The summed E-state index contributed by atoms with van der Waals surface area (Å²) in [7, 11) is 1.66. The molecule has 0 saturated carbocycles. The van der Waals surface area contributed by atoms with Gasteiger partial charge in [0.1, 0.15) is 6.33 Å². The zero-order valence-corrected chi connectivity index (χ0v) is 8.58. The Balaban J connectivity index is 2.41. The first-order valence-corrected chi connectivity index (χ1v) is 4.60. The van der Waals surface area contributed by atoms with E-state index in [-0.39, 0.29) is 5.95 Å². The van der Waals surface area contributed by atoms with E-state index < -0.39 is 5.69 Å². The number of hydrazine groups is 1. The Morgan fingerprint density at radius 3 is 2.94 bits per heavy atom. The van der Waals surface area contributed by atoms with Gasteiger partial charge in [0.05, 0.1) is 11.9 Å². The van der Waals surface area contributed by atoms with Crippen LogP contribution in [0.5, 0.6) is 0 Å². The van der Waals surface area contributed by atoms with Crippen LogP contribution in [-0.2, 0) is 0 Å². The number of nitrogens with zero attached hydrogens (tertiary/aromatic N) is 4. The van der Waals surface area contributed by atoms with Gasteiger partial charge in [-0.1, -0.05) is 0 Å². The van der Waals surface area contributed by atoms with E-state index in [1.165, 1.54) is 10.9 Å². The molecule has 2 aromatic heterocycles. The van der Waals surface area contributed by atoms with Gasteiger partial charge in [-0.2, -0.15) is 4.98 Å². The van der Waals surface area contributed by atoms with Gasteiger partial charge in [-0.25, -0.2) is 19.8 Å². The van der Waals surface area contributed by atoms with Gasteiger partial charge < -0.3 is 0 Å². The molecule has 0 aromatic carbocycles. The van der Waals surface area contributed by atoms with Crippen LogP contribution in [-0.4, -0.2) is 26.6 Å². The minimum Gasteiger partial charge on any atom is -0.290 e. The van der Waals surface area contributed by atoms with Gasteiger partial charge in [-0.05, 0) is 12.1 Å². The predicted octanol–water partition coefficient (Wildman–Crippen LogP) is -0.431. The number of hydrogen-bond donors (Lipinski definition) is 2. The first-order valence-electron chi connectivity index (χ1n) is 4.60. The molecule has 2 N–H and O–H groups in total. The topological polar surface area (TPSA) is 84.7 Å². The van der Waals surface area contributed by atoms with Crippen LogP contribution in [0, 0.1) is 0 Å². The molecule has 0 aliphatic carbocycles. The highest BCUT2D eigenvalue weighted by atomic mass is 16.1. The molecule has 0 saturated heterocycles. The van der Waals surface area contributed by atoms with Crippen molar-refractivity contribution in [2.24, 2.45) is 0 Å². The van der Waals surface area contributed by atoms with Crippen molar-refractivity contribution >= 4 is 5.95 Å². The SMILES string of the molecule is CNNc1ncn(-c2cccnc2)c(=O)n1. The molecule has 0 aliphatic heterocycles. The number of nitrogens with one attached hydrogen (secondary N) is 2. The molecule has 0 atom stereocenters. The Labute approximate surface area is 91.2 Å². The van der Waals surface area contributed by atoms with Crippen LogP contribution < -0.4 is 16.5 Å². The molecule has 0 unspecified atom stereocenters. The van der Waals surface area contributed by atoms with E-state index in [4.69, 9.17) is 0 Å². The molecule has 2 rings (SSSR count). The highest BCUT2D eigenvalue weighted by molar-refractivity contribution is 5.28. The van der Waals surface area contributed by atoms with Crippen molar-refractivity contribution in [1.82, 2.24) is 24.9 Å². The van der Waals surface area contributed by atoms with Gasteiger partial charge in [0, 0.05) is 13.2 Å². The van der Waals surface area contributed by atoms with Gasteiger partial charge in [0.15, 0.2) is 0 Å². The molecule has 2 aromatic rings. The molecule has 82 valence electrons. The number of pyridine rings is 1. The third-order valence-electron chi connectivity index (χ3n) is 1.86. The summed E-state index contributed by atoms with van der Waals surface area (Å²) in [5.74, 6) is 0.229. The number of aromatic nitrogens is 4. The van der Waals surface area contributed by atoms with Gasteiger partial charge in [0.2, 0.25) is 5.95 Å². The summed E-state index contributed by atoms with van der Waals surface area (Å²) in [6.07, 6.45) is 4.59. The van der Waals surface area contributed by atoms with Crippen molar-refractivity contribution in [3.8, 4) is 5.69 Å². The van der Waals surface area contributed by atoms with Crippen LogP contribution in [0.25, 0.3) is 5.69 Å². The fraction of sp³-hybridized carbons (Fsp3) is 0.111. The molecule has 0 bridgehead atoms. The Bertz CT molecular complexity index is 523. The molecule has 0 fully saturated rings. The van der Waals surface area contributed by atoms with Gasteiger partial charge in [-0.15, -0.1) is 0 Å². The molecule has 7 nitrogen and oxygen atoms in total. The number of rotatable bonds is 3. The maximum Gasteiger partial charge on any atom is 0.356 e. The van der Waals surface area contributed by atoms with Crippen LogP contribution in [0.3, 0.4) is 0 Å². The van der Waals surface area contributed by atoms with Crippen LogP contribution in [0.2, 0.25) is 0 Å². The fourth-order valence-electron chi connectivity index (χ4n) is 1.18. The van der Waals surface area contributed by atoms with Crippen molar-refractivity contribution in [3.63, 3.8) is 0 Å². The first-order chi connectivity index (χ1) is 7.81. The summed E-state index contributed by atoms with van der Waals surface area (Å²) < 4.78 is 1.31. The Hall–Kier alpha value is -2.28. The third kappa shape index (κ3) is 2.04. The first kappa shape index (κ1) is 10.2. The Morgan fingerprint density at radius 1 is 1.44 bits per heavy atom. The maximum atomic E-state index is 11.6. The van der Waals surface area contributed by atoms with Gasteiger partial charge >= 0.3 is 5.69 Å². The average molecular weight is 218 g/mol. The van der Waals surface area contributed by atoms with Crippen molar-refractivity contribution in [2.45, 2.75) is 0 Å². The Kier molecular flexibility index (Phi) is 2.88. The molecule has 0 spiro atoms. The van der Waals surface area contributed by atoms with Gasteiger partial charge in [-0.3, -0.25) is 10.4 Å². The smallest absolute Gasteiger partial charge is 0.290 e. The minimum absolute atomic E-state index is 0.229. The molecule has 16 heavy (non-hydrogen) atoms. The lowest BCUT2D eigenvalue weighted by atomic mass is 10.4. The van der Waals surface area contributed by atoms with E-state index in [2.05, 4.69) is 25.8 Å². The molecule has 7 heteroatoms. The van der Waals surface area contributed by atoms with Crippen molar-refractivity contribution < 1.29 is 0 Å². The van der Waals surface area contributed by atoms with Crippen molar-refractivity contribution in [2.75, 3.05) is 12.5 Å². The molecular formula is C9H10N6O. The van der Waals surface area contributed by atoms with Crippen LogP contribution >= 0.6 is 0 Å². The van der Waals surface area contributed by atoms with E-state index in [0.717, 1.165) is 0 Å². The highest BCUT2D eigenvalue weighted by Crippen LogP contribution is 2.00. The van der Waals surface area contributed by atoms with Crippen molar-refractivity contribution in [3.05, 3.63) is 41.3 Å². The van der Waals surface area contributed by atoms with E-state index in [1.807, 2.05) is 0 Å². The Morgan fingerprint density at radius 2 is 2.31 bits per heavy atom. The summed E-state index contributed by atoms with van der Waals surface area (Å²) in [6, 6.07) is 3.49. The van der Waals surface area contributed by atoms with Crippen LogP contribution in [0.15, 0.2) is 35.6 Å². The number of hydrogen-bond acceptors (Lipinski definition) is 6. The summed E-state index contributed by atoms with van der Waals surface area (Å²) >= 11 is 0. The normalized spacial score (nSPS) is 10.1. The minimum atomic E-state index is -0.416. The number of anilines is 1. The van der Waals surface area contributed by atoms with Crippen LogP contribution in [0.1, 0.15) is 0 Å². The monoisotopic (exact) mass is 218 g/mol. The highest BCUT2D eigenvalue weighted by Gasteiger charge is 2.02. The molecule has 2 heterocycles. The maximum absolute atomic E-state index is 11.6. The molecule has 0 aliphatic rings. The van der Waals surface area contributed by atoms with E-state index in [9.17, 15) is 4.79 Å². The van der Waals surface area contributed by atoms with Crippen molar-refractivity contribution in [1.29, 1.82) is 0 Å². The predicted molar refractivity (Wildman–Crippen MR) is 58.1 cm³/mol. The van der Waals surface area contributed by atoms with E-state index in [0.29, 0.717) is 5.69 Å². The lowest BCUT2D eigenvalue weighted by Gasteiger charge is -2.05. The fourth-order valence-corrected chi connectivity index (χ4v) is 1.18. The van der Waals surface area contributed by atoms with E-state index in [1.54, 1.807) is 31.6 Å². The lowest BCUT2D eigenvalue weighted by molar-refractivity contribution is 0.833. The summed E-state index contributed by atoms with van der Waals surface area (Å²) in [5, 5.41) is 0. The van der Waals surface area contributed by atoms with E-state index >= 15 is 0 Å². The second-order valence-corrected chi connectivity index (χ2v) is 2.92. The second kappa shape index (κ2) is 4.49. The quantitative estimate of drug-likeness (QED) is 0.680. The largest absolute Gasteiger partial charge is 0.356 e. The summed E-state index contributed by atoms with van der Waals surface area (Å²) in [6.45, 7) is 0. The second-order valence-electron chi connectivity index (χ2n) is 2.92. The van der Waals surface area contributed by atoms with Crippen LogP contribution in [0.4, 0.5) is 5.95 Å². The summed E-state index contributed by atoms with van der Waals surface area (Å²) in [5.41, 5.74) is 5.47. The zero-order valence-electron chi connectivity index (χ0n) is 8.58. The average Bonchev–Trinajstić information content (AvgIpc) is 2.31. The zero-order chi connectivity index (χ0) is 11.4. The standard InChI is InChI=1S/C9H10N6O/c1-10-14-8-12-6-15(9(16)13-8)7-3-2-4-11-5-7/h2-6,10H,1H3,(H,13,14,16). The molecule has 0 amide bonds. The van der Waals surface area contributed by atoms with Gasteiger partial charge in [0.25, 0.3) is 0 Å².